The lowest BCUT2D eigenvalue weighted by atomic mass is 10.1. The molecule has 2 heteroatoms. The maximum Gasteiger partial charge on any atom is 0.0819 e. The average Bonchev–Trinajstić information content (AvgIpc) is 2.59. The summed E-state index contributed by atoms with van der Waals surface area (Å²) in [5.74, 6) is 0. The number of rotatable bonds is 20. The molecule has 0 saturated carbocycles. The van der Waals surface area contributed by atoms with E-state index in [4.69, 9.17) is 0 Å². The molecule has 0 fully saturated rings. The van der Waals surface area contributed by atoms with Crippen LogP contribution >= 0.6 is 7.14 Å². The van der Waals surface area contributed by atoms with Gasteiger partial charge in [0.1, 0.15) is 0 Å². The molecule has 0 saturated heterocycles. The molecule has 0 rings (SSSR count). The van der Waals surface area contributed by atoms with Gasteiger partial charge >= 0.3 is 0 Å². The zero-order valence-electron chi connectivity index (χ0n) is 18.4. The molecule has 0 aliphatic carbocycles. The SMILES string of the molecule is CCCCCCCCC=CCCCCCCCCCCCCP(C)(C)=O. The fraction of sp³-hybridized carbons (Fsp3) is 0.917. The third-order valence-corrected chi connectivity index (χ3v) is 6.60. The summed E-state index contributed by atoms with van der Waals surface area (Å²) in [4.78, 5) is 0. The van der Waals surface area contributed by atoms with Crippen molar-refractivity contribution in [1.82, 2.24) is 0 Å². The number of allylic oxidation sites excluding steroid dienone is 2. The van der Waals surface area contributed by atoms with E-state index in [-0.39, 0.29) is 0 Å². The molecule has 0 heterocycles. The quantitative estimate of drug-likeness (QED) is 0.116. The maximum absolute atomic E-state index is 11.6. The predicted molar refractivity (Wildman–Crippen MR) is 122 cm³/mol. The van der Waals surface area contributed by atoms with Gasteiger partial charge in [-0.15, -0.1) is 0 Å². The summed E-state index contributed by atoms with van der Waals surface area (Å²) in [7, 11) is -1.76. The van der Waals surface area contributed by atoms with Crippen LogP contribution < -0.4 is 0 Å². The Balaban J connectivity index is 3.11. The van der Waals surface area contributed by atoms with Gasteiger partial charge in [-0.2, -0.15) is 0 Å². The Morgan fingerprint density at radius 3 is 1.27 bits per heavy atom. The molecule has 0 aliphatic rings. The first-order valence-corrected chi connectivity index (χ1v) is 14.5. The average molecular weight is 385 g/mol. The number of hydrogen-bond donors (Lipinski definition) is 0. The van der Waals surface area contributed by atoms with Gasteiger partial charge in [0.05, 0.1) is 7.14 Å². The van der Waals surface area contributed by atoms with Gasteiger partial charge in [0.15, 0.2) is 0 Å². The van der Waals surface area contributed by atoms with Crippen LogP contribution in [0.25, 0.3) is 0 Å². The summed E-state index contributed by atoms with van der Waals surface area (Å²) in [6.45, 7) is 6.11. The molecule has 0 aromatic heterocycles. The zero-order valence-corrected chi connectivity index (χ0v) is 19.3. The van der Waals surface area contributed by atoms with Crippen molar-refractivity contribution in [1.29, 1.82) is 0 Å². The van der Waals surface area contributed by atoms with Crippen LogP contribution in [0.15, 0.2) is 12.2 Å². The third-order valence-electron chi connectivity index (χ3n) is 5.21. The van der Waals surface area contributed by atoms with Crippen LogP contribution in [0.3, 0.4) is 0 Å². The van der Waals surface area contributed by atoms with Crippen LogP contribution in [0.1, 0.15) is 122 Å². The molecule has 156 valence electrons. The molecule has 0 aliphatic heterocycles. The maximum atomic E-state index is 11.6. The van der Waals surface area contributed by atoms with Crippen LogP contribution in [0, 0.1) is 0 Å². The zero-order chi connectivity index (χ0) is 19.3. The monoisotopic (exact) mass is 384 g/mol. The van der Waals surface area contributed by atoms with Crippen molar-refractivity contribution in [2.45, 2.75) is 122 Å². The van der Waals surface area contributed by atoms with Gasteiger partial charge in [0.25, 0.3) is 0 Å². The van der Waals surface area contributed by atoms with E-state index in [1.165, 1.54) is 109 Å². The first-order chi connectivity index (χ1) is 12.6. The second-order valence-electron chi connectivity index (χ2n) is 8.65. The van der Waals surface area contributed by atoms with Crippen molar-refractivity contribution >= 4 is 7.14 Å². The predicted octanol–water partition coefficient (Wildman–Crippen LogP) is 9.21. The minimum absolute atomic E-state index is 0.945. The molecule has 0 aromatic carbocycles. The van der Waals surface area contributed by atoms with E-state index >= 15 is 0 Å². The number of hydrogen-bond acceptors (Lipinski definition) is 1. The minimum atomic E-state index is -1.76. The van der Waals surface area contributed by atoms with Crippen molar-refractivity contribution in [3.8, 4) is 0 Å². The number of unbranched alkanes of at least 4 members (excludes halogenated alkanes) is 16. The Morgan fingerprint density at radius 2 is 0.885 bits per heavy atom. The van der Waals surface area contributed by atoms with E-state index in [2.05, 4.69) is 19.1 Å². The molecule has 0 aromatic rings. The van der Waals surface area contributed by atoms with Crippen LogP contribution in [-0.4, -0.2) is 19.5 Å². The summed E-state index contributed by atoms with van der Waals surface area (Å²) in [5.41, 5.74) is 0. The molecule has 0 unspecified atom stereocenters. The second kappa shape index (κ2) is 19.7. The van der Waals surface area contributed by atoms with Crippen molar-refractivity contribution in [3.63, 3.8) is 0 Å². The highest BCUT2D eigenvalue weighted by Gasteiger charge is 2.05. The Kier molecular flexibility index (Phi) is 19.7. The van der Waals surface area contributed by atoms with Gasteiger partial charge in [0, 0.05) is 6.16 Å². The molecule has 0 atom stereocenters. The molecule has 0 spiro atoms. The fourth-order valence-electron chi connectivity index (χ4n) is 3.45. The van der Waals surface area contributed by atoms with Crippen molar-refractivity contribution in [3.05, 3.63) is 12.2 Å². The highest BCUT2D eigenvalue weighted by atomic mass is 31.2. The van der Waals surface area contributed by atoms with Crippen LogP contribution in [-0.2, 0) is 4.57 Å². The van der Waals surface area contributed by atoms with E-state index in [1.54, 1.807) is 0 Å². The van der Waals surface area contributed by atoms with Gasteiger partial charge in [-0.1, -0.05) is 103 Å². The highest BCUT2D eigenvalue weighted by Crippen LogP contribution is 2.36. The second-order valence-corrected chi connectivity index (χ2v) is 12.2. The largest absolute Gasteiger partial charge is 0.324 e. The molecule has 0 N–H and O–H groups in total. The Labute approximate surface area is 166 Å². The third kappa shape index (κ3) is 24.0. The first-order valence-electron chi connectivity index (χ1n) is 11.8. The molecule has 1 nitrogen and oxygen atoms in total. The van der Waals surface area contributed by atoms with E-state index in [9.17, 15) is 4.57 Å². The van der Waals surface area contributed by atoms with Gasteiger partial charge in [-0.25, -0.2) is 0 Å². The summed E-state index contributed by atoms with van der Waals surface area (Å²) in [6, 6.07) is 0. The summed E-state index contributed by atoms with van der Waals surface area (Å²) < 4.78 is 11.6. The molecule has 0 radical (unpaired) electrons. The smallest absolute Gasteiger partial charge is 0.0819 e. The Morgan fingerprint density at radius 1 is 0.538 bits per heavy atom. The van der Waals surface area contributed by atoms with Gasteiger partial charge < -0.3 is 4.57 Å². The van der Waals surface area contributed by atoms with E-state index in [1.807, 2.05) is 13.3 Å². The van der Waals surface area contributed by atoms with E-state index < -0.39 is 7.14 Å². The molecule has 0 amide bonds. The van der Waals surface area contributed by atoms with Crippen LogP contribution in [0.2, 0.25) is 0 Å². The van der Waals surface area contributed by atoms with Gasteiger partial charge in [-0.05, 0) is 45.4 Å². The fourth-order valence-corrected chi connectivity index (χ4v) is 4.43. The summed E-state index contributed by atoms with van der Waals surface area (Å²) >= 11 is 0. The minimum Gasteiger partial charge on any atom is -0.324 e. The molecular formula is C24H49OP. The highest BCUT2D eigenvalue weighted by molar-refractivity contribution is 7.62. The van der Waals surface area contributed by atoms with Crippen molar-refractivity contribution in [2.75, 3.05) is 19.5 Å². The normalized spacial score (nSPS) is 12.3. The molecule has 26 heavy (non-hydrogen) atoms. The van der Waals surface area contributed by atoms with E-state index in [0.29, 0.717) is 0 Å². The first kappa shape index (κ1) is 26.0. The van der Waals surface area contributed by atoms with Gasteiger partial charge in [0.2, 0.25) is 0 Å². The van der Waals surface area contributed by atoms with Crippen molar-refractivity contribution < 1.29 is 4.57 Å². The standard InChI is InChI=1S/C24H49OP/c1-4-5-6-7-8-9-10-11-12-13-14-15-16-17-18-19-20-21-22-23-24-26(2,3)25/h11-12H,4-10,13-24H2,1-3H3. The lowest BCUT2D eigenvalue weighted by Crippen LogP contribution is -1.87. The van der Waals surface area contributed by atoms with Crippen LogP contribution in [0.5, 0.6) is 0 Å². The summed E-state index contributed by atoms with van der Waals surface area (Å²) in [5, 5.41) is 0. The van der Waals surface area contributed by atoms with Gasteiger partial charge in [-0.3, -0.25) is 0 Å². The lowest BCUT2D eigenvalue weighted by Gasteiger charge is -2.06. The van der Waals surface area contributed by atoms with E-state index in [0.717, 1.165) is 12.6 Å². The summed E-state index contributed by atoms with van der Waals surface area (Å²) in [6.07, 6.45) is 30.4. The molecular weight excluding hydrogens is 335 g/mol. The lowest BCUT2D eigenvalue weighted by molar-refractivity contribution is 0.554. The Hall–Kier alpha value is -0.0300. The Bertz CT molecular complexity index is 342. The van der Waals surface area contributed by atoms with Crippen molar-refractivity contribution in [2.24, 2.45) is 0 Å². The molecule has 0 bridgehead atoms. The van der Waals surface area contributed by atoms with Crippen LogP contribution in [0.4, 0.5) is 0 Å². The topological polar surface area (TPSA) is 17.1 Å².